The molecule has 21 heavy (non-hydrogen) atoms. The Morgan fingerprint density at radius 3 is 2.71 bits per heavy atom. The molecule has 2 rings (SSSR count). The fraction of sp³-hybridized carbons (Fsp3) is 0.286. The number of sulfonamides is 1. The number of hydrogen-bond acceptors (Lipinski definition) is 4. The van der Waals surface area contributed by atoms with E-state index in [1.54, 1.807) is 30.6 Å². The molecule has 7 heteroatoms. The quantitative estimate of drug-likeness (QED) is 0.905. The molecule has 4 nitrogen and oxygen atoms in total. The van der Waals surface area contributed by atoms with Gasteiger partial charge in [-0.05, 0) is 36.1 Å². The number of halogens is 1. The van der Waals surface area contributed by atoms with Gasteiger partial charge >= 0.3 is 0 Å². The van der Waals surface area contributed by atoms with Crippen molar-refractivity contribution >= 4 is 33.0 Å². The van der Waals surface area contributed by atoms with Crippen LogP contribution in [0.2, 0.25) is 5.02 Å². The molecule has 2 N–H and O–H groups in total. The molecule has 0 saturated carbocycles. The van der Waals surface area contributed by atoms with Crippen LogP contribution in [-0.2, 0) is 16.6 Å². The van der Waals surface area contributed by atoms with Crippen LogP contribution in [0.5, 0.6) is 0 Å². The van der Waals surface area contributed by atoms with Gasteiger partial charge in [-0.3, -0.25) is 0 Å². The first-order chi connectivity index (χ1) is 9.87. The second-order valence-electron chi connectivity index (χ2n) is 4.66. The highest BCUT2D eigenvalue weighted by Gasteiger charge is 2.28. The summed E-state index contributed by atoms with van der Waals surface area (Å²) in [5, 5.41) is 2.33. The fourth-order valence-electron chi connectivity index (χ4n) is 2.05. The van der Waals surface area contributed by atoms with E-state index >= 15 is 0 Å². The van der Waals surface area contributed by atoms with Crippen LogP contribution in [0.3, 0.4) is 0 Å². The standard InChI is InChI=1S/C14H17ClN2O2S2/c1-10(11-4-3-5-12(15)8-11)17(2)21(18,19)14-6-7-20-13(14)9-16/h3-8,10H,9,16H2,1-2H3. The maximum Gasteiger partial charge on any atom is 0.244 e. The van der Waals surface area contributed by atoms with E-state index in [1.165, 1.54) is 15.6 Å². The number of rotatable bonds is 5. The van der Waals surface area contributed by atoms with Crippen molar-refractivity contribution in [3.8, 4) is 0 Å². The Bertz CT molecular complexity index is 728. The minimum absolute atomic E-state index is 0.214. The molecule has 0 amide bonds. The molecular formula is C14H17ClN2O2S2. The Morgan fingerprint density at radius 2 is 2.10 bits per heavy atom. The van der Waals surface area contributed by atoms with E-state index in [2.05, 4.69) is 0 Å². The molecule has 0 aliphatic heterocycles. The lowest BCUT2D eigenvalue weighted by Gasteiger charge is -2.25. The zero-order chi connectivity index (χ0) is 15.6. The monoisotopic (exact) mass is 344 g/mol. The zero-order valence-corrected chi connectivity index (χ0v) is 14.2. The predicted molar refractivity (Wildman–Crippen MR) is 87.0 cm³/mol. The topological polar surface area (TPSA) is 63.4 Å². The van der Waals surface area contributed by atoms with Crippen molar-refractivity contribution in [2.75, 3.05) is 7.05 Å². The first-order valence-electron chi connectivity index (χ1n) is 6.38. The third-order valence-corrected chi connectivity index (χ3v) is 6.74. The van der Waals surface area contributed by atoms with Gasteiger partial charge in [-0.1, -0.05) is 23.7 Å². The second kappa shape index (κ2) is 6.46. The summed E-state index contributed by atoms with van der Waals surface area (Å²) in [5.74, 6) is 0. The molecule has 1 aromatic heterocycles. The van der Waals surface area contributed by atoms with Gasteiger partial charge in [0.05, 0.1) is 4.90 Å². The van der Waals surface area contributed by atoms with Crippen molar-refractivity contribution in [3.63, 3.8) is 0 Å². The molecule has 0 aliphatic carbocycles. The molecule has 0 saturated heterocycles. The smallest absolute Gasteiger partial charge is 0.244 e. The Kier molecular flexibility index (Phi) is 5.06. The summed E-state index contributed by atoms with van der Waals surface area (Å²) >= 11 is 7.32. The second-order valence-corrected chi connectivity index (χ2v) is 8.07. The maximum absolute atomic E-state index is 12.7. The highest BCUT2D eigenvalue weighted by Crippen LogP contribution is 2.30. The van der Waals surface area contributed by atoms with Crippen molar-refractivity contribution in [1.82, 2.24) is 4.31 Å². The van der Waals surface area contributed by atoms with E-state index in [1.807, 2.05) is 19.1 Å². The van der Waals surface area contributed by atoms with Crippen LogP contribution < -0.4 is 5.73 Å². The van der Waals surface area contributed by atoms with E-state index in [0.717, 1.165) is 5.56 Å². The number of nitrogens with zero attached hydrogens (tertiary/aromatic N) is 1. The van der Waals surface area contributed by atoms with Crippen LogP contribution in [0.1, 0.15) is 23.4 Å². The summed E-state index contributed by atoms with van der Waals surface area (Å²) in [6, 6.07) is 8.49. The number of thiophene rings is 1. The molecule has 1 unspecified atom stereocenters. The van der Waals surface area contributed by atoms with E-state index in [-0.39, 0.29) is 17.5 Å². The molecule has 0 spiro atoms. The fourth-order valence-corrected chi connectivity index (χ4v) is 4.90. The molecule has 0 radical (unpaired) electrons. The summed E-state index contributed by atoms with van der Waals surface area (Å²) in [6.07, 6.45) is 0. The molecule has 2 aromatic rings. The summed E-state index contributed by atoms with van der Waals surface area (Å²) in [7, 11) is -2.01. The molecule has 0 bridgehead atoms. The molecule has 1 atom stereocenters. The highest BCUT2D eigenvalue weighted by molar-refractivity contribution is 7.89. The number of nitrogens with two attached hydrogens (primary N) is 1. The summed E-state index contributed by atoms with van der Waals surface area (Å²) in [6.45, 7) is 2.04. The van der Waals surface area contributed by atoms with Crippen LogP contribution in [0, 0.1) is 0 Å². The molecule has 0 aliphatic rings. The summed E-state index contributed by atoms with van der Waals surface area (Å²) in [5.41, 5.74) is 6.45. The normalized spacial score (nSPS) is 13.6. The van der Waals surface area contributed by atoms with Crippen LogP contribution in [0.4, 0.5) is 0 Å². The summed E-state index contributed by atoms with van der Waals surface area (Å²) in [4.78, 5) is 0.950. The van der Waals surface area contributed by atoms with E-state index in [0.29, 0.717) is 9.90 Å². The van der Waals surface area contributed by atoms with Crippen LogP contribution in [0.25, 0.3) is 0 Å². The van der Waals surface area contributed by atoms with Crippen molar-refractivity contribution in [3.05, 3.63) is 51.2 Å². The first kappa shape index (κ1) is 16.5. The highest BCUT2D eigenvalue weighted by atomic mass is 35.5. The van der Waals surface area contributed by atoms with Gasteiger partial charge in [0.1, 0.15) is 0 Å². The first-order valence-corrected chi connectivity index (χ1v) is 9.07. The minimum atomic E-state index is -3.58. The van der Waals surface area contributed by atoms with Gasteiger partial charge < -0.3 is 5.73 Å². The van der Waals surface area contributed by atoms with E-state index in [4.69, 9.17) is 17.3 Å². The number of benzene rings is 1. The molecule has 0 fully saturated rings. The van der Waals surface area contributed by atoms with Crippen LogP contribution in [0.15, 0.2) is 40.6 Å². The average molecular weight is 345 g/mol. The van der Waals surface area contributed by atoms with Gasteiger partial charge in [-0.2, -0.15) is 4.31 Å². The van der Waals surface area contributed by atoms with Gasteiger partial charge in [0.2, 0.25) is 10.0 Å². The lowest BCUT2D eigenvalue weighted by atomic mass is 10.1. The zero-order valence-electron chi connectivity index (χ0n) is 11.8. The number of hydrogen-bond donors (Lipinski definition) is 1. The van der Waals surface area contributed by atoms with Crippen molar-refractivity contribution in [2.45, 2.75) is 24.4 Å². The molecule has 114 valence electrons. The third-order valence-electron chi connectivity index (χ3n) is 3.42. The Morgan fingerprint density at radius 1 is 1.38 bits per heavy atom. The van der Waals surface area contributed by atoms with Gasteiger partial charge in [0, 0.05) is 29.5 Å². The SMILES string of the molecule is CC(c1cccc(Cl)c1)N(C)S(=O)(=O)c1ccsc1CN. The van der Waals surface area contributed by atoms with E-state index < -0.39 is 10.0 Å². The van der Waals surface area contributed by atoms with Crippen molar-refractivity contribution in [2.24, 2.45) is 5.73 Å². The maximum atomic E-state index is 12.7. The van der Waals surface area contributed by atoms with Gasteiger partial charge in [-0.25, -0.2) is 8.42 Å². The predicted octanol–water partition coefficient (Wildman–Crippen LogP) is 3.24. The molecule has 1 aromatic carbocycles. The van der Waals surface area contributed by atoms with Crippen LogP contribution in [-0.4, -0.2) is 19.8 Å². The largest absolute Gasteiger partial charge is 0.326 e. The van der Waals surface area contributed by atoms with Crippen molar-refractivity contribution in [1.29, 1.82) is 0 Å². The van der Waals surface area contributed by atoms with Gasteiger partial charge in [-0.15, -0.1) is 11.3 Å². The molecule has 1 heterocycles. The minimum Gasteiger partial charge on any atom is -0.326 e. The van der Waals surface area contributed by atoms with E-state index in [9.17, 15) is 8.42 Å². The Hall–Kier alpha value is -0.920. The Balaban J connectivity index is 2.36. The lowest BCUT2D eigenvalue weighted by Crippen LogP contribution is -2.30. The average Bonchev–Trinajstić information content (AvgIpc) is 2.95. The van der Waals surface area contributed by atoms with Gasteiger partial charge in [0.15, 0.2) is 0 Å². The third kappa shape index (κ3) is 3.30. The van der Waals surface area contributed by atoms with Crippen LogP contribution >= 0.6 is 22.9 Å². The lowest BCUT2D eigenvalue weighted by molar-refractivity contribution is 0.398. The molecular weight excluding hydrogens is 328 g/mol. The van der Waals surface area contributed by atoms with Crippen molar-refractivity contribution < 1.29 is 8.42 Å². The summed E-state index contributed by atoms with van der Waals surface area (Å²) < 4.78 is 26.8. The Labute approximate surface area is 134 Å². The van der Waals surface area contributed by atoms with Gasteiger partial charge in [0.25, 0.3) is 0 Å².